The summed E-state index contributed by atoms with van der Waals surface area (Å²) in [6, 6.07) is 1.38. The van der Waals surface area contributed by atoms with E-state index in [1.807, 2.05) is 4.90 Å². The van der Waals surface area contributed by atoms with Crippen molar-refractivity contribution in [3.63, 3.8) is 0 Å². The Morgan fingerprint density at radius 2 is 2.44 bits per heavy atom. The SMILES string of the molecule is C[C@H](O)c1cc([N+](=O)[O-])c(N2CCCC2CO)s1. The minimum Gasteiger partial charge on any atom is -0.394 e. The largest absolute Gasteiger partial charge is 0.394 e. The van der Waals surface area contributed by atoms with E-state index < -0.39 is 11.0 Å². The van der Waals surface area contributed by atoms with Crippen molar-refractivity contribution < 1.29 is 15.1 Å². The molecule has 0 amide bonds. The van der Waals surface area contributed by atoms with E-state index in [4.69, 9.17) is 0 Å². The van der Waals surface area contributed by atoms with Gasteiger partial charge in [0.2, 0.25) is 0 Å². The first-order valence-corrected chi connectivity index (χ1v) is 6.70. The van der Waals surface area contributed by atoms with Crippen molar-refractivity contribution >= 4 is 22.0 Å². The summed E-state index contributed by atoms with van der Waals surface area (Å²) in [5.41, 5.74) is 0.0243. The lowest BCUT2D eigenvalue weighted by atomic mass is 10.2. The molecule has 0 bridgehead atoms. The van der Waals surface area contributed by atoms with E-state index >= 15 is 0 Å². The quantitative estimate of drug-likeness (QED) is 0.643. The fraction of sp³-hybridized carbons (Fsp3) is 0.636. The summed E-state index contributed by atoms with van der Waals surface area (Å²) >= 11 is 1.24. The Kier molecular flexibility index (Phi) is 3.84. The van der Waals surface area contributed by atoms with Gasteiger partial charge in [-0.15, -0.1) is 11.3 Å². The van der Waals surface area contributed by atoms with Gasteiger partial charge < -0.3 is 15.1 Å². The predicted octanol–water partition coefficient (Wildman–Crippen LogP) is 1.67. The normalized spacial score (nSPS) is 21.3. The minimum atomic E-state index is -0.711. The number of nitro groups is 1. The van der Waals surface area contributed by atoms with Gasteiger partial charge in [-0.2, -0.15) is 0 Å². The van der Waals surface area contributed by atoms with Crippen LogP contribution in [0.2, 0.25) is 0 Å². The molecule has 2 atom stereocenters. The predicted molar refractivity (Wildman–Crippen MR) is 69.1 cm³/mol. The third-order valence-corrected chi connectivity index (χ3v) is 4.50. The van der Waals surface area contributed by atoms with Crippen LogP contribution in [0.3, 0.4) is 0 Å². The summed E-state index contributed by atoms with van der Waals surface area (Å²) in [4.78, 5) is 13.1. The highest BCUT2D eigenvalue weighted by Gasteiger charge is 2.32. The van der Waals surface area contributed by atoms with Crippen LogP contribution < -0.4 is 4.90 Å². The van der Waals surface area contributed by atoms with Gasteiger partial charge in [0.1, 0.15) is 0 Å². The molecule has 100 valence electrons. The number of rotatable bonds is 4. The summed E-state index contributed by atoms with van der Waals surface area (Å²) in [5.74, 6) is 0. The highest BCUT2D eigenvalue weighted by molar-refractivity contribution is 7.16. The molecule has 1 aromatic heterocycles. The number of hydrogen-bond donors (Lipinski definition) is 2. The second kappa shape index (κ2) is 5.21. The van der Waals surface area contributed by atoms with Crippen LogP contribution in [0.5, 0.6) is 0 Å². The lowest BCUT2D eigenvalue weighted by molar-refractivity contribution is -0.383. The van der Waals surface area contributed by atoms with Gasteiger partial charge in [0.05, 0.1) is 23.7 Å². The van der Waals surface area contributed by atoms with Crippen molar-refractivity contribution in [2.24, 2.45) is 0 Å². The fourth-order valence-electron chi connectivity index (χ4n) is 2.23. The molecule has 18 heavy (non-hydrogen) atoms. The summed E-state index contributed by atoms with van der Waals surface area (Å²) in [5, 5.41) is 30.4. The molecule has 0 aliphatic carbocycles. The maximum atomic E-state index is 11.1. The molecule has 0 radical (unpaired) electrons. The van der Waals surface area contributed by atoms with Crippen LogP contribution in [-0.2, 0) is 0 Å². The molecule has 0 aromatic carbocycles. The van der Waals surface area contributed by atoms with Crippen LogP contribution in [0.1, 0.15) is 30.7 Å². The Labute approximate surface area is 109 Å². The summed E-state index contributed by atoms with van der Waals surface area (Å²) in [6.07, 6.45) is 1.05. The monoisotopic (exact) mass is 272 g/mol. The molecule has 2 N–H and O–H groups in total. The molecule has 1 aliphatic rings. The number of anilines is 1. The van der Waals surface area contributed by atoms with Gasteiger partial charge in [-0.3, -0.25) is 10.1 Å². The van der Waals surface area contributed by atoms with Crippen molar-refractivity contribution in [2.75, 3.05) is 18.1 Å². The molecule has 0 saturated carbocycles. The maximum Gasteiger partial charge on any atom is 0.304 e. The highest BCUT2D eigenvalue weighted by Crippen LogP contribution is 2.42. The Morgan fingerprint density at radius 3 is 3.00 bits per heavy atom. The first-order valence-electron chi connectivity index (χ1n) is 5.88. The molecule has 1 unspecified atom stereocenters. The molecule has 2 rings (SSSR count). The van der Waals surface area contributed by atoms with E-state index in [9.17, 15) is 20.3 Å². The van der Waals surface area contributed by atoms with Gasteiger partial charge in [0, 0.05) is 17.5 Å². The van der Waals surface area contributed by atoms with Gasteiger partial charge in [-0.05, 0) is 19.8 Å². The number of nitrogens with zero attached hydrogens (tertiary/aromatic N) is 2. The number of aliphatic hydroxyl groups excluding tert-OH is 2. The average molecular weight is 272 g/mol. The van der Waals surface area contributed by atoms with Gasteiger partial charge in [0.15, 0.2) is 5.00 Å². The van der Waals surface area contributed by atoms with Crippen molar-refractivity contribution in [1.82, 2.24) is 0 Å². The van der Waals surface area contributed by atoms with Crippen LogP contribution in [0, 0.1) is 10.1 Å². The molecule has 1 aliphatic heterocycles. The molecule has 6 nitrogen and oxygen atoms in total. The van der Waals surface area contributed by atoms with E-state index in [1.54, 1.807) is 6.92 Å². The molecule has 1 saturated heterocycles. The molecule has 2 heterocycles. The third-order valence-electron chi connectivity index (χ3n) is 3.17. The Bertz CT molecular complexity index is 446. The topological polar surface area (TPSA) is 86.8 Å². The van der Waals surface area contributed by atoms with E-state index in [2.05, 4.69) is 0 Å². The summed E-state index contributed by atoms with van der Waals surface area (Å²) < 4.78 is 0. The zero-order chi connectivity index (χ0) is 13.3. The second-order valence-electron chi connectivity index (χ2n) is 4.44. The zero-order valence-corrected chi connectivity index (χ0v) is 10.9. The summed E-state index contributed by atoms with van der Waals surface area (Å²) in [7, 11) is 0. The lowest BCUT2D eigenvalue weighted by Gasteiger charge is -2.22. The molecular weight excluding hydrogens is 256 g/mol. The second-order valence-corrected chi connectivity index (χ2v) is 5.51. The van der Waals surface area contributed by atoms with Gasteiger partial charge in [-0.1, -0.05) is 0 Å². The minimum absolute atomic E-state index is 0.000926. The molecule has 1 aromatic rings. The number of thiophene rings is 1. The fourth-order valence-corrected chi connectivity index (χ4v) is 3.39. The van der Waals surface area contributed by atoms with Gasteiger partial charge in [-0.25, -0.2) is 0 Å². The van der Waals surface area contributed by atoms with E-state index in [0.717, 1.165) is 12.8 Å². The average Bonchev–Trinajstić information content (AvgIpc) is 2.94. The molecule has 0 spiro atoms. The Morgan fingerprint density at radius 1 is 1.72 bits per heavy atom. The number of aliphatic hydroxyl groups is 2. The zero-order valence-electron chi connectivity index (χ0n) is 10.1. The first kappa shape index (κ1) is 13.3. The lowest BCUT2D eigenvalue weighted by Crippen LogP contribution is -2.31. The standard InChI is InChI=1S/C11H16N2O4S/c1-7(15)10-5-9(13(16)17)11(18-10)12-4-2-3-8(12)6-14/h5,7-8,14-15H,2-4,6H2,1H3/t7-,8?/m0/s1. The van der Waals surface area contributed by atoms with Crippen LogP contribution in [0.15, 0.2) is 6.07 Å². The van der Waals surface area contributed by atoms with Crippen molar-refractivity contribution in [2.45, 2.75) is 31.9 Å². The van der Waals surface area contributed by atoms with E-state index in [1.165, 1.54) is 17.4 Å². The first-order chi connectivity index (χ1) is 8.54. The van der Waals surface area contributed by atoms with Crippen LogP contribution in [0.4, 0.5) is 10.7 Å². The van der Waals surface area contributed by atoms with Crippen LogP contribution in [0.25, 0.3) is 0 Å². The molecule has 7 heteroatoms. The third kappa shape index (κ3) is 2.33. The summed E-state index contributed by atoms with van der Waals surface area (Å²) in [6.45, 7) is 2.30. The Hall–Kier alpha value is -1.18. The smallest absolute Gasteiger partial charge is 0.304 e. The van der Waals surface area contributed by atoms with Crippen LogP contribution in [-0.4, -0.2) is 34.3 Å². The molecular formula is C11H16N2O4S. The van der Waals surface area contributed by atoms with Gasteiger partial charge >= 0.3 is 5.69 Å². The van der Waals surface area contributed by atoms with Crippen molar-refractivity contribution in [1.29, 1.82) is 0 Å². The Balaban J connectivity index is 2.39. The van der Waals surface area contributed by atoms with Crippen LogP contribution >= 0.6 is 11.3 Å². The van der Waals surface area contributed by atoms with Gasteiger partial charge in [0.25, 0.3) is 0 Å². The van der Waals surface area contributed by atoms with E-state index in [-0.39, 0.29) is 18.3 Å². The maximum absolute atomic E-state index is 11.1. The van der Waals surface area contributed by atoms with E-state index in [0.29, 0.717) is 16.4 Å². The highest BCUT2D eigenvalue weighted by atomic mass is 32.1. The van der Waals surface area contributed by atoms with Crippen molar-refractivity contribution in [3.05, 3.63) is 21.1 Å². The molecule has 1 fully saturated rings. The number of hydrogen-bond acceptors (Lipinski definition) is 6. The van der Waals surface area contributed by atoms with Crippen molar-refractivity contribution in [3.8, 4) is 0 Å².